The summed E-state index contributed by atoms with van der Waals surface area (Å²) >= 11 is 0. The van der Waals surface area contributed by atoms with Gasteiger partial charge in [-0.2, -0.15) is 13.2 Å². The lowest BCUT2D eigenvalue weighted by Crippen LogP contribution is -2.53. The number of rotatable bonds is 1. The lowest BCUT2D eigenvalue weighted by Gasteiger charge is -2.36. The molecule has 2 amide bonds. The summed E-state index contributed by atoms with van der Waals surface area (Å²) in [6.07, 6.45) is -3.57. The van der Waals surface area contributed by atoms with E-state index in [2.05, 4.69) is 0 Å². The van der Waals surface area contributed by atoms with Crippen LogP contribution in [-0.4, -0.2) is 42.0 Å². The average molecular weight is 340 g/mol. The third-order valence-electron chi connectivity index (χ3n) is 4.80. The maximum absolute atomic E-state index is 13.0. The van der Waals surface area contributed by atoms with Crippen LogP contribution in [0.3, 0.4) is 0 Å². The van der Waals surface area contributed by atoms with Crippen LogP contribution in [0.5, 0.6) is 0 Å². The Labute approximate surface area is 138 Å². The Morgan fingerprint density at radius 2 is 1.92 bits per heavy atom. The Morgan fingerprint density at radius 1 is 1.21 bits per heavy atom. The van der Waals surface area contributed by atoms with Crippen LogP contribution in [-0.2, 0) is 16.0 Å². The summed E-state index contributed by atoms with van der Waals surface area (Å²) in [6.45, 7) is 1.36. The number of halogens is 3. The average Bonchev–Trinajstić information content (AvgIpc) is 2.93. The molecule has 3 rings (SSSR count). The highest BCUT2D eigenvalue weighted by atomic mass is 19.4. The van der Waals surface area contributed by atoms with Gasteiger partial charge in [0.2, 0.25) is 11.8 Å². The molecule has 2 aliphatic rings. The van der Waals surface area contributed by atoms with E-state index < -0.39 is 24.0 Å². The number of fused-ring (bicyclic) bond motifs is 1. The van der Waals surface area contributed by atoms with Gasteiger partial charge in [-0.25, -0.2) is 0 Å². The summed E-state index contributed by atoms with van der Waals surface area (Å²) in [6, 6.07) is 6.46. The fraction of sp³-hybridized carbons (Fsp3) is 0.529. The second-order valence-corrected chi connectivity index (χ2v) is 6.40. The number of hydrogen-bond acceptors (Lipinski definition) is 2. The van der Waals surface area contributed by atoms with Gasteiger partial charge in [-0.1, -0.05) is 18.2 Å². The van der Waals surface area contributed by atoms with E-state index in [4.69, 9.17) is 0 Å². The van der Waals surface area contributed by atoms with Gasteiger partial charge in [0.15, 0.2) is 0 Å². The van der Waals surface area contributed by atoms with Crippen molar-refractivity contribution in [3.63, 3.8) is 0 Å². The first-order valence-corrected chi connectivity index (χ1v) is 8.02. The van der Waals surface area contributed by atoms with Crippen molar-refractivity contribution in [3.8, 4) is 0 Å². The van der Waals surface area contributed by atoms with Gasteiger partial charge < -0.3 is 4.90 Å². The number of amides is 2. The van der Waals surface area contributed by atoms with E-state index in [0.29, 0.717) is 25.1 Å². The van der Waals surface area contributed by atoms with Crippen molar-refractivity contribution < 1.29 is 22.8 Å². The topological polar surface area (TPSA) is 40.6 Å². The third-order valence-corrected chi connectivity index (χ3v) is 4.80. The zero-order valence-electron chi connectivity index (χ0n) is 13.3. The molecule has 1 aromatic rings. The van der Waals surface area contributed by atoms with E-state index in [0.717, 1.165) is 5.56 Å². The molecule has 24 heavy (non-hydrogen) atoms. The minimum Gasteiger partial charge on any atom is -0.340 e. The predicted molar refractivity (Wildman–Crippen MR) is 82.5 cm³/mol. The molecule has 130 valence electrons. The second-order valence-electron chi connectivity index (χ2n) is 6.40. The first-order chi connectivity index (χ1) is 11.3. The summed E-state index contributed by atoms with van der Waals surface area (Å²) in [7, 11) is 0. The van der Waals surface area contributed by atoms with Gasteiger partial charge in [-0.3, -0.25) is 14.5 Å². The molecule has 2 heterocycles. The molecular weight excluding hydrogens is 321 g/mol. The van der Waals surface area contributed by atoms with E-state index in [9.17, 15) is 22.8 Å². The molecule has 0 saturated carbocycles. The molecule has 0 N–H and O–H groups in total. The van der Waals surface area contributed by atoms with Gasteiger partial charge >= 0.3 is 6.18 Å². The van der Waals surface area contributed by atoms with Crippen LogP contribution in [0.2, 0.25) is 0 Å². The van der Waals surface area contributed by atoms with Crippen LogP contribution in [0.4, 0.5) is 18.9 Å². The van der Waals surface area contributed by atoms with Crippen molar-refractivity contribution in [2.45, 2.75) is 38.4 Å². The Bertz CT molecular complexity index is 659. The van der Waals surface area contributed by atoms with Gasteiger partial charge in [0.25, 0.3) is 0 Å². The zero-order chi connectivity index (χ0) is 17.5. The van der Waals surface area contributed by atoms with Crippen molar-refractivity contribution >= 4 is 17.5 Å². The zero-order valence-corrected chi connectivity index (χ0v) is 13.3. The number of para-hydroxylation sites is 1. The van der Waals surface area contributed by atoms with E-state index >= 15 is 0 Å². The number of nitrogens with zero attached hydrogens (tertiary/aromatic N) is 2. The smallest absolute Gasteiger partial charge is 0.340 e. The van der Waals surface area contributed by atoms with Crippen molar-refractivity contribution in [1.82, 2.24) is 4.90 Å². The molecule has 0 spiro atoms. The van der Waals surface area contributed by atoms with Gasteiger partial charge in [-0.05, 0) is 24.5 Å². The number of piperidine rings is 1. The van der Waals surface area contributed by atoms with Crippen LogP contribution in [0.15, 0.2) is 24.3 Å². The van der Waals surface area contributed by atoms with Crippen LogP contribution in [0.1, 0.15) is 25.3 Å². The molecule has 0 aliphatic carbocycles. The van der Waals surface area contributed by atoms with Crippen LogP contribution in [0.25, 0.3) is 0 Å². The standard InChI is InChI=1S/C17H19F3N2O2/c1-11(23)22-14-7-3-2-5-12(14)9-15(22)16(24)21-8-4-6-13(10-21)17(18,19)20/h2-3,5,7,13,15H,4,6,8-10H2,1H3/t13-,15-/m0/s1. The summed E-state index contributed by atoms with van der Waals surface area (Å²) in [5, 5.41) is 0. The minimum atomic E-state index is -4.29. The van der Waals surface area contributed by atoms with Gasteiger partial charge in [0, 0.05) is 32.1 Å². The summed E-state index contributed by atoms with van der Waals surface area (Å²) in [5.41, 5.74) is 1.54. The van der Waals surface area contributed by atoms with Crippen LogP contribution >= 0.6 is 0 Å². The molecule has 2 atom stereocenters. The number of anilines is 1. The minimum absolute atomic E-state index is 0.0502. The maximum atomic E-state index is 13.0. The SMILES string of the molecule is CC(=O)N1c2ccccc2C[C@H]1C(=O)N1CCC[C@H](C(F)(F)F)C1. The number of alkyl halides is 3. The molecule has 1 saturated heterocycles. The largest absolute Gasteiger partial charge is 0.393 e. The number of carbonyl (C=O) groups is 2. The lowest BCUT2D eigenvalue weighted by molar-refractivity contribution is -0.188. The van der Waals surface area contributed by atoms with E-state index in [-0.39, 0.29) is 18.9 Å². The summed E-state index contributed by atoms with van der Waals surface area (Å²) in [5.74, 6) is -2.15. The first-order valence-electron chi connectivity index (χ1n) is 8.02. The lowest BCUT2D eigenvalue weighted by atomic mass is 9.96. The van der Waals surface area contributed by atoms with Crippen molar-refractivity contribution in [2.75, 3.05) is 18.0 Å². The highest BCUT2D eigenvalue weighted by molar-refractivity contribution is 6.02. The van der Waals surface area contributed by atoms with Crippen molar-refractivity contribution in [1.29, 1.82) is 0 Å². The molecule has 7 heteroatoms. The summed E-state index contributed by atoms with van der Waals surface area (Å²) in [4.78, 5) is 27.5. The molecular formula is C17H19F3N2O2. The quantitative estimate of drug-likeness (QED) is 0.789. The Morgan fingerprint density at radius 3 is 2.58 bits per heavy atom. The fourth-order valence-corrected chi connectivity index (χ4v) is 3.63. The predicted octanol–water partition coefficient (Wildman–Crippen LogP) is 2.77. The first kappa shape index (κ1) is 16.8. The Balaban J connectivity index is 1.81. The molecule has 1 fully saturated rings. The molecule has 0 aromatic heterocycles. The fourth-order valence-electron chi connectivity index (χ4n) is 3.63. The monoisotopic (exact) mass is 340 g/mol. The van der Waals surface area contributed by atoms with Crippen molar-refractivity contribution in [3.05, 3.63) is 29.8 Å². The van der Waals surface area contributed by atoms with Crippen LogP contribution in [0, 0.1) is 5.92 Å². The highest BCUT2D eigenvalue weighted by Crippen LogP contribution is 2.36. The Kier molecular flexibility index (Phi) is 4.27. The highest BCUT2D eigenvalue weighted by Gasteiger charge is 2.45. The second kappa shape index (κ2) is 6.11. The normalized spacial score (nSPS) is 24.0. The molecule has 4 nitrogen and oxygen atoms in total. The maximum Gasteiger partial charge on any atom is 0.393 e. The van der Waals surface area contributed by atoms with E-state index in [1.807, 2.05) is 12.1 Å². The number of hydrogen-bond donors (Lipinski definition) is 0. The number of benzene rings is 1. The van der Waals surface area contributed by atoms with E-state index in [1.165, 1.54) is 16.7 Å². The molecule has 0 unspecified atom stereocenters. The summed E-state index contributed by atoms with van der Waals surface area (Å²) < 4.78 is 38.9. The number of likely N-dealkylation sites (tertiary alicyclic amines) is 1. The van der Waals surface area contributed by atoms with Gasteiger partial charge in [-0.15, -0.1) is 0 Å². The number of carbonyl (C=O) groups excluding carboxylic acids is 2. The van der Waals surface area contributed by atoms with Crippen molar-refractivity contribution in [2.24, 2.45) is 5.92 Å². The van der Waals surface area contributed by atoms with Gasteiger partial charge in [0.05, 0.1) is 5.92 Å². The molecule has 2 aliphatic heterocycles. The third kappa shape index (κ3) is 2.99. The molecule has 1 aromatic carbocycles. The van der Waals surface area contributed by atoms with E-state index in [1.54, 1.807) is 12.1 Å². The Hall–Kier alpha value is -2.05. The molecule has 0 bridgehead atoms. The van der Waals surface area contributed by atoms with Crippen LogP contribution < -0.4 is 4.90 Å². The molecule has 0 radical (unpaired) electrons. The van der Waals surface area contributed by atoms with Gasteiger partial charge in [0.1, 0.15) is 6.04 Å².